The molecule has 0 aliphatic carbocycles. The van der Waals surface area contributed by atoms with Gasteiger partial charge in [-0.2, -0.15) is 16.7 Å². The first-order valence-electron chi connectivity index (χ1n) is 13.0. The zero-order valence-electron chi connectivity index (χ0n) is 22.0. The molecule has 3 aromatic rings. The molecule has 1 aliphatic heterocycles. The molecule has 0 bridgehead atoms. The van der Waals surface area contributed by atoms with Gasteiger partial charge in [0, 0.05) is 23.8 Å². The van der Waals surface area contributed by atoms with E-state index in [9.17, 15) is 9.18 Å². The minimum atomic E-state index is -0.205. The predicted octanol–water partition coefficient (Wildman–Crippen LogP) is 5.82. The fraction of sp³-hybridized carbons (Fsp3) is 0.483. The van der Waals surface area contributed by atoms with Crippen LogP contribution in [0.25, 0.3) is 11.4 Å². The molecular weight excluding hydrogens is 487 g/mol. The standard InChI is InChI=1S/C29H37FN4O2S/c1-29(2,3)24-9-7-22(8-10-24)27-32-26(36-33-27)19-34-16-13-23(14-17-34)28(35)31-15-4-18-37-20-21-5-11-25(30)12-6-21/h5-12,23H,4,13-20H2,1-3H3,(H,31,35). The number of rotatable bonds is 10. The summed E-state index contributed by atoms with van der Waals surface area (Å²) in [5.74, 6) is 3.05. The monoisotopic (exact) mass is 524 g/mol. The Morgan fingerprint density at radius 1 is 1.11 bits per heavy atom. The Kier molecular flexibility index (Phi) is 9.38. The molecule has 1 saturated heterocycles. The molecule has 4 rings (SSSR count). The fourth-order valence-corrected chi connectivity index (χ4v) is 5.32. The smallest absolute Gasteiger partial charge is 0.241 e. The number of benzene rings is 2. The summed E-state index contributed by atoms with van der Waals surface area (Å²) in [5.41, 5.74) is 3.45. The highest BCUT2D eigenvalue weighted by Gasteiger charge is 2.26. The summed E-state index contributed by atoms with van der Waals surface area (Å²) in [4.78, 5) is 19.4. The molecule has 0 unspecified atom stereocenters. The third-order valence-electron chi connectivity index (χ3n) is 6.74. The molecule has 1 amide bonds. The summed E-state index contributed by atoms with van der Waals surface area (Å²) in [6.07, 6.45) is 2.59. The molecule has 0 radical (unpaired) electrons. The number of carbonyl (C=O) groups excluding carboxylic acids is 1. The molecular formula is C29H37FN4O2S. The van der Waals surface area contributed by atoms with Crippen LogP contribution in [0, 0.1) is 11.7 Å². The lowest BCUT2D eigenvalue weighted by Crippen LogP contribution is -2.40. The molecule has 8 heteroatoms. The van der Waals surface area contributed by atoms with Crippen molar-refractivity contribution in [3.8, 4) is 11.4 Å². The molecule has 1 aliphatic rings. The van der Waals surface area contributed by atoms with Gasteiger partial charge >= 0.3 is 0 Å². The summed E-state index contributed by atoms with van der Waals surface area (Å²) in [6, 6.07) is 15.0. The zero-order valence-corrected chi connectivity index (χ0v) is 22.8. The number of thioether (sulfide) groups is 1. The highest BCUT2D eigenvalue weighted by atomic mass is 32.2. The van der Waals surface area contributed by atoms with Crippen LogP contribution in [0.3, 0.4) is 0 Å². The summed E-state index contributed by atoms with van der Waals surface area (Å²) in [5, 5.41) is 7.27. The summed E-state index contributed by atoms with van der Waals surface area (Å²) >= 11 is 1.80. The molecule has 1 aromatic heterocycles. The van der Waals surface area contributed by atoms with Crippen LogP contribution in [-0.2, 0) is 22.5 Å². The maximum Gasteiger partial charge on any atom is 0.241 e. The molecule has 198 valence electrons. The number of nitrogens with one attached hydrogen (secondary N) is 1. The van der Waals surface area contributed by atoms with E-state index in [0.717, 1.165) is 55.0 Å². The van der Waals surface area contributed by atoms with E-state index in [2.05, 4.69) is 53.3 Å². The normalized spacial score (nSPS) is 15.1. The molecule has 0 saturated carbocycles. The largest absolute Gasteiger partial charge is 0.356 e. The first-order valence-corrected chi connectivity index (χ1v) is 14.2. The lowest BCUT2D eigenvalue weighted by Gasteiger charge is -2.30. The van der Waals surface area contributed by atoms with Crippen molar-refractivity contribution in [2.24, 2.45) is 5.92 Å². The molecule has 1 fully saturated rings. The Labute approximate surface area is 223 Å². The van der Waals surface area contributed by atoms with Gasteiger partial charge in [-0.05, 0) is 66.8 Å². The lowest BCUT2D eigenvalue weighted by molar-refractivity contribution is -0.126. The Morgan fingerprint density at radius 2 is 1.81 bits per heavy atom. The maximum atomic E-state index is 13.0. The minimum absolute atomic E-state index is 0.0581. The highest BCUT2D eigenvalue weighted by Crippen LogP contribution is 2.25. The number of hydrogen-bond donors (Lipinski definition) is 1. The number of halogens is 1. The first kappa shape index (κ1) is 27.3. The van der Waals surface area contributed by atoms with Crippen LogP contribution in [-0.4, -0.2) is 46.3 Å². The molecule has 6 nitrogen and oxygen atoms in total. The number of hydrogen-bond acceptors (Lipinski definition) is 6. The Morgan fingerprint density at radius 3 is 2.49 bits per heavy atom. The van der Waals surface area contributed by atoms with Gasteiger partial charge in [0.2, 0.25) is 17.6 Å². The van der Waals surface area contributed by atoms with Crippen LogP contribution >= 0.6 is 11.8 Å². The third-order valence-corrected chi connectivity index (χ3v) is 7.86. The van der Waals surface area contributed by atoms with Crippen molar-refractivity contribution < 1.29 is 13.7 Å². The van der Waals surface area contributed by atoms with Crippen molar-refractivity contribution in [2.75, 3.05) is 25.4 Å². The molecule has 2 aromatic carbocycles. The Hall–Kier alpha value is -2.71. The second kappa shape index (κ2) is 12.7. The molecule has 0 spiro atoms. The van der Waals surface area contributed by atoms with Gasteiger partial charge in [-0.1, -0.05) is 62.3 Å². The maximum absolute atomic E-state index is 13.0. The van der Waals surface area contributed by atoms with Crippen molar-refractivity contribution in [3.63, 3.8) is 0 Å². The van der Waals surface area contributed by atoms with E-state index in [1.807, 2.05) is 24.3 Å². The van der Waals surface area contributed by atoms with Gasteiger partial charge in [0.25, 0.3) is 0 Å². The quantitative estimate of drug-likeness (QED) is 0.337. The van der Waals surface area contributed by atoms with Crippen molar-refractivity contribution in [1.82, 2.24) is 20.4 Å². The number of carbonyl (C=O) groups is 1. The fourth-order valence-electron chi connectivity index (χ4n) is 4.40. The second-order valence-electron chi connectivity index (χ2n) is 10.7. The van der Waals surface area contributed by atoms with Crippen LogP contribution in [0.15, 0.2) is 53.1 Å². The number of likely N-dealkylation sites (tertiary alicyclic amines) is 1. The zero-order chi connectivity index (χ0) is 26.3. The van der Waals surface area contributed by atoms with Gasteiger partial charge in [0.15, 0.2) is 0 Å². The molecule has 0 atom stereocenters. The van der Waals surface area contributed by atoms with Gasteiger partial charge in [0.05, 0.1) is 6.54 Å². The van der Waals surface area contributed by atoms with E-state index in [-0.39, 0.29) is 23.1 Å². The van der Waals surface area contributed by atoms with Crippen molar-refractivity contribution in [2.45, 2.75) is 57.7 Å². The molecule has 2 heterocycles. The van der Waals surface area contributed by atoms with Gasteiger partial charge < -0.3 is 9.84 Å². The summed E-state index contributed by atoms with van der Waals surface area (Å²) in [7, 11) is 0. The van der Waals surface area contributed by atoms with Crippen LogP contribution in [0.1, 0.15) is 57.1 Å². The number of amides is 1. The molecule has 1 N–H and O–H groups in total. The highest BCUT2D eigenvalue weighted by molar-refractivity contribution is 7.98. The van der Waals surface area contributed by atoms with Gasteiger partial charge in [-0.25, -0.2) is 4.39 Å². The van der Waals surface area contributed by atoms with Crippen molar-refractivity contribution in [3.05, 3.63) is 71.4 Å². The van der Waals surface area contributed by atoms with Crippen LogP contribution in [0.2, 0.25) is 0 Å². The number of aromatic nitrogens is 2. The van der Waals surface area contributed by atoms with Crippen LogP contribution in [0.4, 0.5) is 4.39 Å². The summed E-state index contributed by atoms with van der Waals surface area (Å²) < 4.78 is 18.5. The second-order valence-corrected chi connectivity index (χ2v) is 11.8. The van der Waals surface area contributed by atoms with E-state index < -0.39 is 0 Å². The van der Waals surface area contributed by atoms with Gasteiger partial charge in [0.1, 0.15) is 5.82 Å². The average molecular weight is 525 g/mol. The first-order chi connectivity index (χ1) is 17.8. The van der Waals surface area contributed by atoms with Crippen molar-refractivity contribution in [1.29, 1.82) is 0 Å². The molecule has 37 heavy (non-hydrogen) atoms. The topological polar surface area (TPSA) is 71.3 Å². The van der Waals surface area contributed by atoms with E-state index in [4.69, 9.17) is 4.52 Å². The third kappa shape index (κ3) is 8.14. The SMILES string of the molecule is CC(C)(C)c1ccc(-c2noc(CN3CCC(C(=O)NCCCSCc4ccc(F)cc4)CC3)n2)cc1. The predicted molar refractivity (Wildman–Crippen MR) is 147 cm³/mol. The van der Waals surface area contributed by atoms with E-state index in [1.165, 1.54) is 17.7 Å². The lowest BCUT2D eigenvalue weighted by atomic mass is 9.87. The minimum Gasteiger partial charge on any atom is -0.356 e. The van der Waals surface area contributed by atoms with Crippen LogP contribution < -0.4 is 5.32 Å². The van der Waals surface area contributed by atoms with Crippen LogP contribution in [0.5, 0.6) is 0 Å². The van der Waals surface area contributed by atoms with E-state index in [1.54, 1.807) is 11.8 Å². The van der Waals surface area contributed by atoms with Gasteiger partial charge in [-0.15, -0.1) is 0 Å². The van der Waals surface area contributed by atoms with Gasteiger partial charge in [-0.3, -0.25) is 9.69 Å². The Balaban J connectivity index is 1.13. The summed E-state index contributed by atoms with van der Waals surface area (Å²) in [6.45, 7) is 9.55. The number of nitrogens with zero attached hydrogens (tertiary/aromatic N) is 3. The average Bonchev–Trinajstić information content (AvgIpc) is 3.35. The van der Waals surface area contributed by atoms with E-state index >= 15 is 0 Å². The Bertz CT molecular complexity index is 1130. The van der Waals surface area contributed by atoms with Crippen molar-refractivity contribution >= 4 is 17.7 Å². The van der Waals surface area contributed by atoms with E-state index in [0.29, 0.717) is 24.8 Å². The number of piperidine rings is 1.